The standard InChI is InChI=1S/C47H35N/c1-47(2)45-19-11-10-18-43(45)44-27-26-39(31-46(44)47)48(37-13-4-3-5-14-37)38-25-24-33-28-32(20-22-34(33)30-38)21-23-36-29-35-12-6-7-15-40(35)42-17-9-8-16-41(36)42/h3-31H,1-2H3/b23-21+. The van der Waals surface area contributed by atoms with E-state index in [1.807, 2.05) is 0 Å². The maximum Gasteiger partial charge on any atom is 0.0468 e. The first-order valence-corrected chi connectivity index (χ1v) is 16.8. The van der Waals surface area contributed by atoms with Crippen molar-refractivity contribution in [3.05, 3.63) is 186 Å². The van der Waals surface area contributed by atoms with Crippen molar-refractivity contribution >= 4 is 61.5 Å². The van der Waals surface area contributed by atoms with Crippen molar-refractivity contribution in [2.24, 2.45) is 0 Å². The van der Waals surface area contributed by atoms with E-state index in [1.165, 1.54) is 71.4 Å². The molecule has 48 heavy (non-hydrogen) atoms. The van der Waals surface area contributed by atoms with E-state index in [1.54, 1.807) is 0 Å². The number of anilines is 3. The van der Waals surface area contributed by atoms with Crippen LogP contribution in [-0.4, -0.2) is 0 Å². The highest BCUT2D eigenvalue weighted by molar-refractivity contribution is 6.11. The summed E-state index contributed by atoms with van der Waals surface area (Å²) in [6, 6.07) is 59.8. The highest BCUT2D eigenvalue weighted by atomic mass is 15.1. The molecule has 228 valence electrons. The summed E-state index contributed by atoms with van der Waals surface area (Å²) in [6.07, 6.45) is 4.50. The molecule has 0 unspecified atom stereocenters. The maximum atomic E-state index is 2.40. The molecule has 0 atom stereocenters. The molecule has 0 fully saturated rings. The van der Waals surface area contributed by atoms with Crippen molar-refractivity contribution in [1.29, 1.82) is 0 Å². The first kappa shape index (κ1) is 28.3. The van der Waals surface area contributed by atoms with Crippen molar-refractivity contribution < 1.29 is 0 Å². The van der Waals surface area contributed by atoms with Gasteiger partial charge >= 0.3 is 0 Å². The Hall–Kier alpha value is -5.92. The van der Waals surface area contributed by atoms with Gasteiger partial charge in [-0.2, -0.15) is 0 Å². The Morgan fingerprint density at radius 3 is 1.94 bits per heavy atom. The first-order chi connectivity index (χ1) is 23.5. The summed E-state index contributed by atoms with van der Waals surface area (Å²) in [4.78, 5) is 2.39. The Balaban J connectivity index is 1.09. The van der Waals surface area contributed by atoms with Crippen LogP contribution in [-0.2, 0) is 5.41 Å². The third-order valence-electron chi connectivity index (χ3n) is 10.2. The van der Waals surface area contributed by atoms with Crippen molar-refractivity contribution in [1.82, 2.24) is 0 Å². The van der Waals surface area contributed by atoms with Gasteiger partial charge in [-0.1, -0.05) is 141 Å². The summed E-state index contributed by atoms with van der Waals surface area (Å²) in [5.74, 6) is 0. The lowest BCUT2D eigenvalue weighted by Crippen LogP contribution is -2.16. The predicted molar refractivity (Wildman–Crippen MR) is 207 cm³/mol. The fraction of sp³-hybridized carbons (Fsp3) is 0.0638. The molecule has 9 rings (SSSR count). The number of benzene rings is 8. The van der Waals surface area contributed by atoms with Gasteiger partial charge in [0.05, 0.1) is 0 Å². The Bertz CT molecular complexity index is 2540. The third-order valence-corrected chi connectivity index (χ3v) is 10.2. The summed E-state index contributed by atoms with van der Waals surface area (Å²) >= 11 is 0. The number of hydrogen-bond donors (Lipinski definition) is 0. The van der Waals surface area contributed by atoms with E-state index in [0.717, 1.165) is 11.4 Å². The molecule has 0 heterocycles. The smallest absolute Gasteiger partial charge is 0.0468 e. The molecule has 1 heteroatoms. The van der Waals surface area contributed by atoms with Gasteiger partial charge in [0.25, 0.3) is 0 Å². The van der Waals surface area contributed by atoms with Crippen LogP contribution in [0.4, 0.5) is 17.1 Å². The molecule has 8 aromatic carbocycles. The minimum atomic E-state index is -0.0588. The van der Waals surface area contributed by atoms with E-state index >= 15 is 0 Å². The van der Waals surface area contributed by atoms with Gasteiger partial charge in [-0.3, -0.25) is 0 Å². The van der Waals surface area contributed by atoms with Crippen LogP contribution < -0.4 is 4.90 Å². The third kappa shape index (κ3) is 4.62. The number of para-hydroxylation sites is 1. The van der Waals surface area contributed by atoms with Crippen LogP contribution in [0, 0.1) is 0 Å². The highest BCUT2D eigenvalue weighted by Gasteiger charge is 2.35. The zero-order chi connectivity index (χ0) is 32.2. The summed E-state index contributed by atoms with van der Waals surface area (Å²) in [6.45, 7) is 4.69. The van der Waals surface area contributed by atoms with E-state index in [9.17, 15) is 0 Å². The fourth-order valence-electron chi connectivity index (χ4n) is 7.76. The summed E-state index contributed by atoms with van der Waals surface area (Å²) in [7, 11) is 0. The van der Waals surface area contributed by atoms with Crippen molar-refractivity contribution in [2.75, 3.05) is 4.90 Å². The molecule has 1 nitrogen and oxygen atoms in total. The lowest BCUT2D eigenvalue weighted by Gasteiger charge is -2.28. The van der Waals surface area contributed by atoms with Gasteiger partial charge in [0.1, 0.15) is 0 Å². The van der Waals surface area contributed by atoms with Crippen LogP contribution in [0.15, 0.2) is 164 Å². The molecule has 0 bridgehead atoms. The van der Waals surface area contributed by atoms with Crippen LogP contribution in [0.2, 0.25) is 0 Å². The quantitative estimate of drug-likeness (QED) is 0.138. The predicted octanol–water partition coefficient (Wildman–Crippen LogP) is 13.1. The normalized spacial score (nSPS) is 13.3. The van der Waals surface area contributed by atoms with E-state index < -0.39 is 0 Å². The van der Waals surface area contributed by atoms with Gasteiger partial charge in [-0.05, 0) is 114 Å². The summed E-state index contributed by atoms with van der Waals surface area (Å²) in [5, 5.41) is 7.57. The van der Waals surface area contributed by atoms with E-state index in [2.05, 4.69) is 195 Å². The molecule has 0 saturated heterocycles. The van der Waals surface area contributed by atoms with Gasteiger partial charge in [0, 0.05) is 22.5 Å². The SMILES string of the molecule is CC1(C)c2ccccc2-c2ccc(N(c3ccccc3)c3ccc4cc(/C=C/c5cc6ccccc6c6ccccc56)ccc4c3)cc21. The van der Waals surface area contributed by atoms with Crippen LogP contribution >= 0.6 is 0 Å². The van der Waals surface area contributed by atoms with Crippen LogP contribution in [0.5, 0.6) is 0 Å². The van der Waals surface area contributed by atoms with Crippen LogP contribution in [0.1, 0.15) is 36.1 Å². The fourth-order valence-corrected chi connectivity index (χ4v) is 7.76. The Kier molecular flexibility index (Phi) is 6.55. The van der Waals surface area contributed by atoms with Crippen molar-refractivity contribution in [2.45, 2.75) is 19.3 Å². The number of rotatable bonds is 5. The topological polar surface area (TPSA) is 3.24 Å². The minimum absolute atomic E-state index is 0.0588. The first-order valence-electron chi connectivity index (χ1n) is 16.8. The second-order valence-corrected chi connectivity index (χ2v) is 13.4. The molecular formula is C47H35N. The lowest BCUT2D eigenvalue weighted by molar-refractivity contribution is 0.660. The zero-order valence-corrected chi connectivity index (χ0v) is 27.2. The minimum Gasteiger partial charge on any atom is -0.310 e. The number of hydrogen-bond acceptors (Lipinski definition) is 1. The Morgan fingerprint density at radius 2 is 1.06 bits per heavy atom. The van der Waals surface area contributed by atoms with Gasteiger partial charge in [0.2, 0.25) is 0 Å². The van der Waals surface area contributed by atoms with Crippen molar-refractivity contribution in [3.8, 4) is 11.1 Å². The van der Waals surface area contributed by atoms with Gasteiger partial charge in [-0.25, -0.2) is 0 Å². The average Bonchev–Trinajstić information content (AvgIpc) is 3.36. The Morgan fingerprint density at radius 1 is 0.417 bits per heavy atom. The lowest BCUT2D eigenvalue weighted by atomic mass is 9.82. The molecule has 0 amide bonds. The van der Waals surface area contributed by atoms with E-state index in [4.69, 9.17) is 0 Å². The summed E-state index contributed by atoms with van der Waals surface area (Å²) < 4.78 is 0. The highest BCUT2D eigenvalue weighted by Crippen LogP contribution is 2.50. The second-order valence-electron chi connectivity index (χ2n) is 13.4. The molecule has 0 saturated carbocycles. The van der Waals surface area contributed by atoms with Gasteiger partial charge < -0.3 is 4.90 Å². The average molecular weight is 614 g/mol. The second kappa shape index (κ2) is 11.1. The maximum absolute atomic E-state index is 2.40. The van der Waals surface area contributed by atoms with Crippen molar-refractivity contribution in [3.63, 3.8) is 0 Å². The van der Waals surface area contributed by atoms with Gasteiger partial charge in [-0.15, -0.1) is 0 Å². The molecule has 8 aromatic rings. The molecule has 1 aliphatic rings. The molecule has 0 aliphatic heterocycles. The largest absolute Gasteiger partial charge is 0.310 e. The monoisotopic (exact) mass is 613 g/mol. The van der Waals surface area contributed by atoms with E-state index in [-0.39, 0.29) is 5.41 Å². The number of nitrogens with zero attached hydrogens (tertiary/aromatic N) is 1. The molecule has 0 N–H and O–H groups in total. The zero-order valence-electron chi connectivity index (χ0n) is 27.2. The number of fused-ring (bicyclic) bond motifs is 7. The van der Waals surface area contributed by atoms with E-state index in [0.29, 0.717) is 0 Å². The molecule has 0 radical (unpaired) electrons. The molecule has 0 spiro atoms. The van der Waals surface area contributed by atoms with Gasteiger partial charge in [0.15, 0.2) is 0 Å². The van der Waals surface area contributed by atoms with Crippen LogP contribution in [0.3, 0.4) is 0 Å². The molecule has 0 aromatic heterocycles. The van der Waals surface area contributed by atoms with Crippen LogP contribution in [0.25, 0.3) is 55.6 Å². The Labute approximate surface area is 282 Å². The molecule has 1 aliphatic carbocycles. The summed E-state index contributed by atoms with van der Waals surface area (Å²) in [5.41, 5.74) is 11.3. The molecular weight excluding hydrogens is 579 g/mol.